The van der Waals surface area contributed by atoms with Gasteiger partial charge in [0.1, 0.15) is 0 Å². The number of hydrogen-bond acceptors (Lipinski definition) is 2. The molecule has 76 valence electrons. The zero-order valence-corrected chi connectivity index (χ0v) is 8.92. The second kappa shape index (κ2) is 2.52. The average Bonchev–Trinajstić information content (AvgIpc) is 2.67. The molecular formula is C12H18N2. The van der Waals surface area contributed by atoms with Crippen molar-refractivity contribution >= 4 is 0 Å². The Labute approximate surface area is 85.9 Å². The summed E-state index contributed by atoms with van der Waals surface area (Å²) in [5.74, 6) is 0.887. The average molecular weight is 190 g/mol. The highest BCUT2D eigenvalue weighted by Crippen LogP contribution is 2.67. The number of hydrogen-bond donors (Lipinski definition) is 0. The Hall–Kier alpha value is -0.550. The van der Waals surface area contributed by atoms with Gasteiger partial charge < -0.3 is 0 Å². The molecule has 1 heterocycles. The largest absolute Gasteiger partial charge is 0.290 e. The minimum Gasteiger partial charge on any atom is -0.290 e. The maximum atomic E-state index is 8.70. The summed E-state index contributed by atoms with van der Waals surface area (Å²) in [6.07, 6.45) is 5.85. The third kappa shape index (κ3) is 1.12. The molecule has 2 heteroatoms. The van der Waals surface area contributed by atoms with Crippen molar-refractivity contribution in [2.45, 2.75) is 32.6 Å². The SMILES string of the molecule is C[C@]12CN(CC#N)C[C@H]1CC1(CC1)C2. The smallest absolute Gasteiger partial charge is 0.0866 e. The lowest BCUT2D eigenvalue weighted by Crippen LogP contribution is -2.26. The fourth-order valence-corrected chi connectivity index (χ4v) is 3.98. The van der Waals surface area contributed by atoms with Crippen molar-refractivity contribution in [3.05, 3.63) is 0 Å². The van der Waals surface area contributed by atoms with Crippen molar-refractivity contribution < 1.29 is 0 Å². The normalized spacial score (nSPS) is 43.9. The molecule has 3 fully saturated rings. The number of fused-ring (bicyclic) bond motifs is 1. The lowest BCUT2D eigenvalue weighted by molar-refractivity contribution is 0.263. The fourth-order valence-electron chi connectivity index (χ4n) is 3.98. The van der Waals surface area contributed by atoms with Crippen molar-refractivity contribution in [2.75, 3.05) is 19.6 Å². The van der Waals surface area contributed by atoms with Crippen molar-refractivity contribution in [2.24, 2.45) is 16.7 Å². The Morgan fingerprint density at radius 3 is 2.86 bits per heavy atom. The molecule has 2 nitrogen and oxygen atoms in total. The summed E-state index contributed by atoms with van der Waals surface area (Å²) in [6.45, 7) is 5.44. The van der Waals surface area contributed by atoms with Crippen LogP contribution in [0.25, 0.3) is 0 Å². The molecule has 0 N–H and O–H groups in total. The summed E-state index contributed by atoms with van der Waals surface area (Å²) in [6, 6.07) is 2.28. The van der Waals surface area contributed by atoms with Crippen LogP contribution in [-0.2, 0) is 0 Å². The van der Waals surface area contributed by atoms with Gasteiger partial charge in [-0.05, 0) is 42.4 Å². The van der Waals surface area contributed by atoms with Crippen LogP contribution < -0.4 is 0 Å². The summed E-state index contributed by atoms with van der Waals surface area (Å²) in [7, 11) is 0. The second-order valence-corrected chi connectivity index (χ2v) is 6.06. The molecule has 2 saturated carbocycles. The molecule has 3 rings (SSSR count). The van der Waals surface area contributed by atoms with Gasteiger partial charge >= 0.3 is 0 Å². The van der Waals surface area contributed by atoms with E-state index in [0.29, 0.717) is 12.0 Å². The Morgan fingerprint density at radius 2 is 2.29 bits per heavy atom. The molecular weight excluding hydrogens is 172 g/mol. The molecule has 0 amide bonds. The highest BCUT2D eigenvalue weighted by atomic mass is 15.2. The number of likely N-dealkylation sites (tertiary alicyclic amines) is 1. The maximum absolute atomic E-state index is 8.70. The highest BCUT2D eigenvalue weighted by Gasteiger charge is 2.60. The van der Waals surface area contributed by atoms with Crippen LogP contribution in [0.15, 0.2) is 0 Å². The van der Waals surface area contributed by atoms with Crippen LogP contribution >= 0.6 is 0 Å². The molecule has 1 spiro atoms. The summed E-state index contributed by atoms with van der Waals surface area (Å²) in [5.41, 5.74) is 1.32. The lowest BCUT2D eigenvalue weighted by Gasteiger charge is -2.23. The van der Waals surface area contributed by atoms with Gasteiger partial charge in [0.15, 0.2) is 0 Å². The fraction of sp³-hybridized carbons (Fsp3) is 0.917. The standard InChI is InChI=1S/C12H18N2/c1-11-8-12(2-3-12)6-10(11)7-14(9-11)5-4-13/h10H,2-3,5-9H2,1H3/t10-,11+/m1/s1. The Kier molecular flexibility index (Phi) is 1.57. The summed E-state index contributed by atoms with van der Waals surface area (Å²) in [5, 5.41) is 8.70. The van der Waals surface area contributed by atoms with Gasteiger partial charge in [-0.1, -0.05) is 6.92 Å². The molecule has 3 aliphatic rings. The van der Waals surface area contributed by atoms with E-state index < -0.39 is 0 Å². The van der Waals surface area contributed by atoms with E-state index in [4.69, 9.17) is 5.26 Å². The van der Waals surface area contributed by atoms with E-state index in [1.165, 1.54) is 38.8 Å². The van der Waals surface area contributed by atoms with Gasteiger partial charge in [-0.3, -0.25) is 4.90 Å². The molecule has 0 aromatic rings. The molecule has 14 heavy (non-hydrogen) atoms. The topological polar surface area (TPSA) is 27.0 Å². The van der Waals surface area contributed by atoms with Crippen LogP contribution in [0.5, 0.6) is 0 Å². The van der Waals surface area contributed by atoms with Gasteiger partial charge in [0, 0.05) is 13.1 Å². The van der Waals surface area contributed by atoms with Crippen molar-refractivity contribution in [3.63, 3.8) is 0 Å². The van der Waals surface area contributed by atoms with Crippen LogP contribution in [0.3, 0.4) is 0 Å². The summed E-state index contributed by atoms with van der Waals surface area (Å²) in [4.78, 5) is 2.35. The third-order valence-corrected chi connectivity index (χ3v) is 4.76. The minimum absolute atomic E-state index is 0.549. The van der Waals surface area contributed by atoms with E-state index in [-0.39, 0.29) is 0 Å². The first kappa shape index (κ1) is 8.73. The first-order valence-electron chi connectivity index (χ1n) is 5.75. The first-order chi connectivity index (χ1) is 6.66. The summed E-state index contributed by atoms with van der Waals surface area (Å²) >= 11 is 0. The van der Waals surface area contributed by atoms with E-state index in [1.807, 2.05) is 0 Å². The van der Waals surface area contributed by atoms with Crippen LogP contribution in [0, 0.1) is 28.1 Å². The molecule has 2 aliphatic carbocycles. The Morgan fingerprint density at radius 1 is 1.50 bits per heavy atom. The van der Waals surface area contributed by atoms with Crippen molar-refractivity contribution in [3.8, 4) is 6.07 Å². The molecule has 0 bridgehead atoms. The van der Waals surface area contributed by atoms with Gasteiger partial charge in [-0.15, -0.1) is 0 Å². The van der Waals surface area contributed by atoms with Gasteiger partial charge in [-0.25, -0.2) is 0 Å². The highest BCUT2D eigenvalue weighted by molar-refractivity contribution is 5.11. The first-order valence-corrected chi connectivity index (χ1v) is 5.75. The minimum atomic E-state index is 0.549. The van der Waals surface area contributed by atoms with E-state index in [1.54, 1.807) is 0 Å². The van der Waals surface area contributed by atoms with Gasteiger partial charge in [0.25, 0.3) is 0 Å². The van der Waals surface area contributed by atoms with E-state index >= 15 is 0 Å². The van der Waals surface area contributed by atoms with E-state index in [2.05, 4.69) is 17.9 Å². The van der Waals surface area contributed by atoms with Crippen molar-refractivity contribution in [1.82, 2.24) is 4.90 Å². The molecule has 0 unspecified atom stereocenters. The van der Waals surface area contributed by atoms with Gasteiger partial charge in [-0.2, -0.15) is 5.26 Å². The number of nitrogens with zero attached hydrogens (tertiary/aromatic N) is 2. The second-order valence-electron chi connectivity index (χ2n) is 6.06. The molecule has 0 aromatic carbocycles. The Balaban J connectivity index is 1.74. The van der Waals surface area contributed by atoms with Crippen LogP contribution in [-0.4, -0.2) is 24.5 Å². The molecule has 0 aromatic heterocycles. The van der Waals surface area contributed by atoms with Gasteiger partial charge in [0.2, 0.25) is 0 Å². The Bertz CT molecular complexity index is 300. The summed E-state index contributed by atoms with van der Waals surface area (Å²) < 4.78 is 0. The third-order valence-electron chi connectivity index (χ3n) is 4.76. The predicted molar refractivity (Wildman–Crippen MR) is 54.6 cm³/mol. The molecule has 2 atom stereocenters. The molecule has 1 saturated heterocycles. The monoisotopic (exact) mass is 190 g/mol. The number of nitriles is 1. The van der Waals surface area contributed by atoms with Crippen molar-refractivity contribution in [1.29, 1.82) is 5.26 Å². The van der Waals surface area contributed by atoms with Gasteiger partial charge in [0.05, 0.1) is 12.6 Å². The van der Waals surface area contributed by atoms with E-state index in [9.17, 15) is 0 Å². The van der Waals surface area contributed by atoms with Crippen LogP contribution in [0.2, 0.25) is 0 Å². The zero-order chi connectivity index (χ0) is 9.81. The zero-order valence-electron chi connectivity index (χ0n) is 8.92. The predicted octanol–water partition coefficient (Wildman–Crippen LogP) is 2.02. The lowest BCUT2D eigenvalue weighted by atomic mass is 9.83. The van der Waals surface area contributed by atoms with Crippen LogP contribution in [0.1, 0.15) is 32.6 Å². The maximum Gasteiger partial charge on any atom is 0.0866 e. The molecule has 1 aliphatic heterocycles. The number of rotatable bonds is 1. The quantitative estimate of drug-likeness (QED) is 0.591. The van der Waals surface area contributed by atoms with E-state index in [0.717, 1.165) is 11.3 Å². The van der Waals surface area contributed by atoms with Crippen LogP contribution in [0.4, 0.5) is 0 Å². The molecule has 0 radical (unpaired) electrons.